The molecule has 0 saturated heterocycles. The molecular formula is C42H77NO2. The summed E-state index contributed by atoms with van der Waals surface area (Å²) in [6.45, 7) is 5.46. The number of rotatable bonds is 34. The van der Waals surface area contributed by atoms with Crippen LogP contribution in [0.4, 0.5) is 0 Å². The Kier molecular flexibility index (Phi) is 35.5. The second-order valence-corrected chi connectivity index (χ2v) is 13.4. The number of carbonyl (C=O) groups is 1. The zero-order valence-electron chi connectivity index (χ0n) is 30.8. The van der Waals surface area contributed by atoms with E-state index in [1.165, 1.54) is 135 Å². The average molecular weight is 628 g/mol. The van der Waals surface area contributed by atoms with Crippen LogP contribution in [0.5, 0.6) is 0 Å². The Morgan fingerprint density at radius 1 is 0.511 bits per heavy atom. The van der Waals surface area contributed by atoms with Crippen molar-refractivity contribution in [1.29, 1.82) is 0 Å². The minimum Gasteiger partial charge on any atom is -0.462 e. The zero-order valence-corrected chi connectivity index (χ0v) is 30.8. The fraction of sp³-hybridized carbons (Fsp3) is 0.786. The summed E-state index contributed by atoms with van der Waals surface area (Å²) < 4.78 is 5.99. The Balaban J connectivity index is 4.03. The van der Waals surface area contributed by atoms with Gasteiger partial charge >= 0.3 is 5.97 Å². The predicted octanol–water partition coefficient (Wildman–Crippen LogP) is 13.3. The molecule has 1 atom stereocenters. The SMILES string of the molecule is CCCCCC=CCC=CCCCCCCCCC(CCCCCCCC=CCC=CCCCCC)OC(=O)CCCN(C)C. The van der Waals surface area contributed by atoms with Gasteiger partial charge in [0.2, 0.25) is 0 Å². The second kappa shape index (κ2) is 36.9. The number of esters is 1. The molecule has 0 fully saturated rings. The molecule has 262 valence electrons. The van der Waals surface area contributed by atoms with Crippen LogP contribution in [0.2, 0.25) is 0 Å². The summed E-state index contributed by atoms with van der Waals surface area (Å²) in [4.78, 5) is 14.6. The molecule has 0 N–H and O–H groups in total. The summed E-state index contributed by atoms with van der Waals surface area (Å²) in [5, 5.41) is 0. The van der Waals surface area contributed by atoms with Crippen molar-refractivity contribution in [2.24, 2.45) is 0 Å². The first-order chi connectivity index (χ1) is 22.1. The van der Waals surface area contributed by atoms with Gasteiger partial charge in [-0.1, -0.05) is 133 Å². The summed E-state index contributed by atoms with van der Waals surface area (Å²) >= 11 is 0. The lowest BCUT2D eigenvalue weighted by Gasteiger charge is -2.18. The summed E-state index contributed by atoms with van der Waals surface area (Å²) in [5.41, 5.74) is 0. The molecule has 0 aliphatic carbocycles. The van der Waals surface area contributed by atoms with E-state index in [-0.39, 0.29) is 12.1 Å². The van der Waals surface area contributed by atoms with Gasteiger partial charge in [0.15, 0.2) is 0 Å². The highest BCUT2D eigenvalue weighted by Crippen LogP contribution is 2.18. The summed E-state index contributed by atoms with van der Waals surface area (Å²) in [6.07, 6.45) is 51.3. The highest BCUT2D eigenvalue weighted by Gasteiger charge is 2.14. The van der Waals surface area contributed by atoms with Crippen molar-refractivity contribution in [2.75, 3.05) is 20.6 Å². The topological polar surface area (TPSA) is 29.5 Å². The number of hydrogen-bond acceptors (Lipinski definition) is 3. The monoisotopic (exact) mass is 628 g/mol. The molecule has 3 heteroatoms. The van der Waals surface area contributed by atoms with E-state index in [4.69, 9.17) is 4.74 Å². The van der Waals surface area contributed by atoms with E-state index >= 15 is 0 Å². The molecule has 1 unspecified atom stereocenters. The van der Waals surface area contributed by atoms with Crippen LogP contribution < -0.4 is 0 Å². The number of allylic oxidation sites excluding steroid dienone is 8. The van der Waals surface area contributed by atoms with Gasteiger partial charge in [0.05, 0.1) is 0 Å². The first-order valence-electron chi connectivity index (χ1n) is 19.5. The van der Waals surface area contributed by atoms with Crippen molar-refractivity contribution in [2.45, 2.75) is 193 Å². The Morgan fingerprint density at radius 3 is 1.29 bits per heavy atom. The van der Waals surface area contributed by atoms with Gasteiger partial charge in [-0.15, -0.1) is 0 Å². The van der Waals surface area contributed by atoms with Gasteiger partial charge in [0, 0.05) is 6.42 Å². The fourth-order valence-corrected chi connectivity index (χ4v) is 5.59. The number of nitrogens with zero attached hydrogens (tertiary/aromatic N) is 1. The van der Waals surface area contributed by atoms with E-state index in [9.17, 15) is 4.79 Å². The summed E-state index contributed by atoms with van der Waals surface area (Å²) in [5.74, 6) is 0.00415. The molecule has 0 aromatic heterocycles. The maximum Gasteiger partial charge on any atom is 0.306 e. The summed E-state index contributed by atoms with van der Waals surface area (Å²) in [7, 11) is 4.12. The number of unbranched alkanes of at least 4 members (excludes halogenated alkanes) is 17. The third kappa shape index (κ3) is 36.7. The Hall–Kier alpha value is -1.61. The normalized spacial score (nSPS) is 13.0. The highest BCUT2D eigenvalue weighted by atomic mass is 16.5. The lowest BCUT2D eigenvalue weighted by Crippen LogP contribution is -2.20. The molecule has 0 saturated carbocycles. The average Bonchev–Trinajstić information content (AvgIpc) is 3.02. The Labute approximate surface area is 282 Å². The predicted molar refractivity (Wildman–Crippen MR) is 201 cm³/mol. The van der Waals surface area contributed by atoms with Crippen molar-refractivity contribution in [3.8, 4) is 0 Å². The molecule has 0 bridgehead atoms. The molecule has 0 rings (SSSR count). The van der Waals surface area contributed by atoms with Crippen molar-refractivity contribution in [1.82, 2.24) is 4.90 Å². The lowest BCUT2D eigenvalue weighted by molar-refractivity contribution is -0.150. The van der Waals surface area contributed by atoms with Gasteiger partial charge in [-0.05, 0) is 117 Å². The van der Waals surface area contributed by atoms with Crippen molar-refractivity contribution in [3.05, 3.63) is 48.6 Å². The highest BCUT2D eigenvalue weighted by molar-refractivity contribution is 5.69. The maximum atomic E-state index is 12.5. The van der Waals surface area contributed by atoms with E-state index < -0.39 is 0 Å². The molecule has 0 spiro atoms. The van der Waals surface area contributed by atoms with Gasteiger partial charge in [-0.25, -0.2) is 0 Å². The third-order valence-corrected chi connectivity index (χ3v) is 8.49. The molecule has 0 amide bonds. The molecule has 0 radical (unpaired) electrons. The van der Waals surface area contributed by atoms with Crippen molar-refractivity contribution in [3.63, 3.8) is 0 Å². The minimum atomic E-state index is 0.00415. The molecule has 45 heavy (non-hydrogen) atoms. The van der Waals surface area contributed by atoms with Crippen LogP contribution in [0.15, 0.2) is 48.6 Å². The van der Waals surface area contributed by atoms with E-state index in [1.807, 2.05) is 0 Å². The second-order valence-electron chi connectivity index (χ2n) is 13.4. The third-order valence-electron chi connectivity index (χ3n) is 8.49. The van der Waals surface area contributed by atoms with Crippen LogP contribution in [0, 0.1) is 0 Å². The van der Waals surface area contributed by atoms with Crippen LogP contribution in [0.25, 0.3) is 0 Å². The summed E-state index contributed by atoms with van der Waals surface area (Å²) in [6, 6.07) is 0. The van der Waals surface area contributed by atoms with E-state index in [0.29, 0.717) is 6.42 Å². The first kappa shape index (κ1) is 43.4. The van der Waals surface area contributed by atoms with Gasteiger partial charge in [0.1, 0.15) is 6.10 Å². The largest absolute Gasteiger partial charge is 0.462 e. The molecule has 0 heterocycles. The molecule has 0 aliphatic rings. The van der Waals surface area contributed by atoms with Crippen LogP contribution in [0.1, 0.15) is 187 Å². The first-order valence-corrected chi connectivity index (χ1v) is 19.5. The fourth-order valence-electron chi connectivity index (χ4n) is 5.59. The molecule has 3 nitrogen and oxygen atoms in total. The van der Waals surface area contributed by atoms with Gasteiger partial charge < -0.3 is 9.64 Å². The Morgan fingerprint density at radius 2 is 0.889 bits per heavy atom. The number of ether oxygens (including phenoxy) is 1. The molecular weight excluding hydrogens is 550 g/mol. The number of carbonyl (C=O) groups excluding carboxylic acids is 1. The molecule has 0 aromatic rings. The molecule has 0 aliphatic heterocycles. The molecule has 0 aromatic carbocycles. The van der Waals surface area contributed by atoms with Gasteiger partial charge in [-0.3, -0.25) is 4.79 Å². The van der Waals surface area contributed by atoms with Crippen LogP contribution in [-0.4, -0.2) is 37.6 Å². The van der Waals surface area contributed by atoms with E-state index in [1.54, 1.807) is 0 Å². The Bertz CT molecular complexity index is 720. The quantitative estimate of drug-likeness (QED) is 0.0404. The smallest absolute Gasteiger partial charge is 0.306 e. The standard InChI is InChI=1S/C42H77NO2/c1-5-7-9-11-13-15-17-19-21-23-25-27-29-31-33-35-38-41(45-42(44)39-36-40-43(3)4)37-34-32-30-28-26-24-22-20-18-16-14-12-10-8-6-2/h13-16,19-22,41H,5-12,17-18,23-40H2,1-4H3. The van der Waals surface area contributed by atoms with Crippen LogP contribution >= 0.6 is 0 Å². The lowest BCUT2D eigenvalue weighted by atomic mass is 10.0. The van der Waals surface area contributed by atoms with Crippen molar-refractivity contribution >= 4 is 5.97 Å². The van der Waals surface area contributed by atoms with Crippen LogP contribution in [0.3, 0.4) is 0 Å². The minimum absolute atomic E-state index is 0.00415. The van der Waals surface area contributed by atoms with Crippen molar-refractivity contribution < 1.29 is 9.53 Å². The van der Waals surface area contributed by atoms with Gasteiger partial charge in [0.25, 0.3) is 0 Å². The van der Waals surface area contributed by atoms with E-state index in [2.05, 4.69) is 81.5 Å². The zero-order chi connectivity index (χ0) is 32.9. The van der Waals surface area contributed by atoms with E-state index in [0.717, 1.165) is 38.6 Å². The van der Waals surface area contributed by atoms with Gasteiger partial charge in [-0.2, -0.15) is 0 Å². The maximum absolute atomic E-state index is 12.5. The van der Waals surface area contributed by atoms with Crippen LogP contribution in [-0.2, 0) is 9.53 Å². The number of hydrogen-bond donors (Lipinski definition) is 0.